The van der Waals surface area contributed by atoms with Crippen LogP contribution in [-0.2, 0) is 6.42 Å². The van der Waals surface area contributed by atoms with E-state index in [1.807, 2.05) is 24.3 Å². The van der Waals surface area contributed by atoms with E-state index >= 15 is 0 Å². The highest BCUT2D eigenvalue weighted by Gasteiger charge is 2.47. The number of anilines is 1. The largest absolute Gasteiger partial charge is 0.461 e. The molecule has 7 aromatic rings. The number of fused-ring (bicyclic) bond motifs is 8. The Bertz CT molecular complexity index is 3140. The summed E-state index contributed by atoms with van der Waals surface area (Å²) >= 11 is 0. The molecule has 1 unspecified atom stereocenters. The topological polar surface area (TPSA) is 64.0 Å². The average molecular weight is 840 g/mol. The van der Waals surface area contributed by atoms with Crippen LogP contribution in [-0.4, -0.2) is 8.07 Å². The summed E-state index contributed by atoms with van der Waals surface area (Å²) in [7, 11) is -3.01. The summed E-state index contributed by atoms with van der Waals surface area (Å²) in [6, 6.07) is 57.6. The monoisotopic (exact) mass is 839 g/mol. The second-order valence-electron chi connectivity index (χ2n) is 17.4. The van der Waals surface area contributed by atoms with Crippen LogP contribution in [0.2, 0.25) is 0 Å². The number of allylic oxidation sites excluding steroid dienone is 4. The summed E-state index contributed by atoms with van der Waals surface area (Å²) in [6.45, 7) is 8.81. The van der Waals surface area contributed by atoms with E-state index < -0.39 is 8.07 Å². The third-order valence-corrected chi connectivity index (χ3v) is 18.6. The van der Waals surface area contributed by atoms with Crippen molar-refractivity contribution in [2.24, 2.45) is 5.92 Å². The first-order valence-corrected chi connectivity index (χ1v) is 24.2. The van der Waals surface area contributed by atoms with Crippen LogP contribution in [0.4, 0.5) is 5.69 Å². The second kappa shape index (κ2) is 15.6. The SMILES string of the molecule is C=C(C)C1=C(/C=C\C)N(c2cccc([Si](c3ccccc3)(c3ccccc3)c3ccc(C4c5ccc(C#N)cc5-c5cc(C#N)ccc54)cc3)c2)C2c3c(oc4c3C=CCC4)C=C[C@H]12. The Morgan fingerprint density at radius 2 is 1.36 bits per heavy atom. The minimum absolute atomic E-state index is 0.00200. The van der Waals surface area contributed by atoms with Crippen LogP contribution in [0.1, 0.15) is 82.7 Å². The molecule has 4 nitrogen and oxygen atoms in total. The molecule has 0 fully saturated rings. The zero-order valence-corrected chi connectivity index (χ0v) is 36.9. The second-order valence-corrected chi connectivity index (χ2v) is 21.2. The van der Waals surface area contributed by atoms with Crippen molar-refractivity contribution in [1.29, 1.82) is 10.5 Å². The molecule has 0 amide bonds. The Morgan fingerprint density at radius 3 is 1.97 bits per heavy atom. The lowest BCUT2D eigenvalue weighted by Gasteiger charge is -2.37. The number of nitrogens with zero attached hydrogens (tertiary/aromatic N) is 3. The number of benzene rings is 6. The molecule has 5 heteroatoms. The Hall–Kier alpha value is -7.70. The molecule has 0 saturated carbocycles. The number of rotatable bonds is 8. The molecular weight excluding hydrogens is 795 g/mol. The lowest BCUT2D eigenvalue weighted by atomic mass is 9.81. The maximum absolute atomic E-state index is 9.84. The predicted octanol–water partition coefficient (Wildman–Crippen LogP) is 11.1. The Kier molecular flexibility index (Phi) is 9.53. The van der Waals surface area contributed by atoms with Crippen molar-refractivity contribution < 1.29 is 4.42 Å². The van der Waals surface area contributed by atoms with Gasteiger partial charge in [-0.1, -0.05) is 146 Å². The van der Waals surface area contributed by atoms with Crippen LogP contribution < -0.4 is 25.6 Å². The van der Waals surface area contributed by atoms with Crippen molar-refractivity contribution in [1.82, 2.24) is 0 Å². The lowest BCUT2D eigenvalue weighted by Crippen LogP contribution is -2.74. The third kappa shape index (κ3) is 5.93. The van der Waals surface area contributed by atoms with Crippen LogP contribution in [0.15, 0.2) is 198 Å². The van der Waals surface area contributed by atoms with E-state index in [2.05, 4.69) is 195 Å². The molecule has 2 heterocycles. The Morgan fingerprint density at radius 1 is 0.734 bits per heavy atom. The molecule has 3 aliphatic carbocycles. The van der Waals surface area contributed by atoms with E-state index in [-0.39, 0.29) is 17.9 Å². The van der Waals surface area contributed by atoms with Crippen molar-refractivity contribution in [2.45, 2.75) is 38.6 Å². The fourth-order valence-corrected chi connectivity index (χ4v) is 16.0. The smallest absolute Gasteiger partial charge is 0.179 e. The highest BCUT2D eigenvalue weighted by atomic mass is 28.3. The summed E-state index contributed by atoms with van der Waals surface area (Å²) in [5.41, 5.74) is 13.9. The van der Waals surface area contributed by atoms with Crippen LogP contribution in [0.3, 0.4) is 0 Å². The normalized spacial score (nSPS) is 17.1. The minimum Gasteiger partial charge on any atom is -0.461 e. The van der Waals surface area contributed by atoms with E-state index in [0.717, 1.165) is 57.9 Å². The average Bonchev–Trinajstić information content (AvgIpc) is 4.00. The molecule has 1 aromatic heterocycles. The zero-order chi connectivity index (χ0) is 43.5. The van der Waals surface area contributed by atoms with E-state index in [4.69, 9.17) is 4.42 Å². The molecule has 0 N–H and O–H groups in total. The lowest BCUT2D eigenvalue weighted by molar-refractivity contribution is 0.488. The molecule has 64 heavy (non-hydrogen) atoms. The first kappa shape index (κ1) is 39.2. The molecule has 0 saturated heterocycles. The number of furan rings is 1. The first-order valence-electron chi connectivity index (χ1n) is 22.2. The van der Waals surface area contributed by atoms with Gasteiger partial charge in [-0.15, -0.1) is 0 Å². The fraction of sp³-hybridized carbons (Fsp3) is 0.119. The van der Waals surface area contributed by atoms with Crippen molar-refractivity contribution in [2.75, 3.05) is 4.90 Å². The van der Waals surface area contributed by atoms with Gasteiger partial charge in [-0.25, -0.2) is 0 Å². The summed E-state index contributed by atoms with van der Waals surface area (Å²) in [6.07, 6.45) is 15.4. The third-order valence-electron chi connectivity index (χ3n) is 13.9. The molecule has 0 spiro atoms. The van der Waals surface area contributed by atoms with E-state index in [1.54, 1.807) is 0 Å². The Balaban J connectivity index is 1.11. The highest BCUT2D eigenvalue weighted by Crippen LogP contribution is 2.55. The zero-order valence-electron chi connectivity index (χ0n) is 35.9. The van der Waals surface area contributed by atoms with Crippen LogP contribution in [0.5, 0.6) is 0 Å². The quantitative estimate of drug-likeness (QED) is 0.113. The van der Waals surface area contributed by atoms with Gasteiger partial charge in [-0.2, -0.15) is 10.5 Å². The van der Waals surface area contributed by atoms with Crippen molar-refractivity contribution in [3.8, 4) is 23.3 Å². The molecule has 6 aromatic carbocycles. The minimum atomic E-state index is -3.01. The molecule has 11 rings (SSSR count). The Labute approximate surface area is 376 Å². The van der Waals surface area contributed by atoms with Gasteiger partial charge in [-0.3, -0.25) is 0 Å². The maximum Gasteiger partial charge on any atom is 0.179 e. The van der Waals surface area contributed by atoms with E-state index in [0.29, 0.717) is 11.1 Å². The van der Waals surface area contributed by atoms with Gasteiger partial charge in [0.25, 0.3) is 0 Å². The van der Waals surface area contributed by atoms with Crippen molar-refractivity contribution in [3.05, 3.63) is 244 Å². The highest BCUT2D eigenvalue weighted by molar-refractivity contribution is 7.19. The maximum atomic E-state index is 9.84. The van der Waals surface area contributed by atoms with Gasteiger partial charge in [-0.05, 0) is 123 Å². The van der Waals surface area contributed by atoms with Gasteiger partial charge < -0.3 is 9.32 Å². The number of aryl methyl sites for hydroxylation is 1. The van der Waals surface area contributed by atoms with Gasteiger partial charge in [0.2, 0.25) is 0 Å². The molecule has 0 radical (unpaired) electrons. The summed E-state index contributed by atoms with van der Waals surface area (Å²) in [4.78, 5) is 2.57. The molecule has 1 aliphatic heterocycles. The summed E-state index contributed by atoms with van der Waals surface area (Å²) in [5.74, 6) is 2.11. The summed E-state index contributed by atoms with van der Waals surface area (Å²) < 4.78 is 6.63. The number of nitriles is 2. The van der Waals surface area contributed by atoms with Gasteiger partial charge in [0.05, 0.1) is 29.3 Å². The molecule has 306 valence electrons. The van der Waals surface area contributed by atoms with E-state index in [9.17, 15) is 10.5 Å². The number of hydrogen-bond acceptors (Lipinski definition) is 4. The van der Waals surface area contributed by atoms with Crippen LogP contribution in [0.25, 0.3) is 23.3 Å². The molecule has 0 bridgehead atoms. The van der Waals surface area contributed by atoms with Gasteiger partial charge in [0.15, 0.2) is 8.07 Å². The number of hydrogen-bond donors (Lipinski definition) is 0. The summed E-state index contributed by atoms with van der Waals surface area (Å²) in [5, 5.41) is 24.9. The van der Waals surface area contributed by atoms with E-state index in [1.165, 1.54) is 48.7 Å². The van der Waals surface area contributed by atoms with Gasteiger partial charge in [0.1, 0.15) is 11.5 Å². The molecular formula is C59H45N3OSi. The van der Waals surface area contributed by atoms with Crippen molar-refractivity contribution in [3.63, 3.8) is 0 Å². The van der Waals surface area contributed by atoms with Gasteiger partial charge >= 0.3 is 0 Å². The first-order chi connectivity index (χ1) is 31.4. The predicted molar refractivity (Wildman–Crippen MR) is 263 cm³/mol. The van der Waals surface area contributed by atoms with Gasteiger partial charge in [0, 0.05) is 40.8 Å². The molecule has 4 aliphatic rings. The molecule has 2 atom stereocenters. The van der Waals surface area contributed by atoms with Crippen LogP contribution in [0, 0.1) is 28.6 Å². The fourth-order valence-electron chi connectivity index (χ4n) is 11.3. The van der Waals surface area contributed by atoms with Crippen molar-refractivity contribution >= 4 is 46.7 Å². The standard InChI is InChI=1S/C59H45N3OSi/c1-4-14-53-56(38(2)3)50-31-32-55-58(49-21-11-12-22-54(49)63-55)59(50)62(53)42-15-13-20-46(35-42)64(43-16-7-5-8-17-43,44-18-9-6-10-19-44)45-27-25-41(26-28-45)57-47-29-23-39(36-60)33-51(47)52-34-40(37-61)24-30-48(52)57/h4-11,13-21,23-35,50,57,59H,2,12,22H2,1,3H3/b14-4-/t50-,59?/m1/s1. The van der Waals surface area contributed by atoms with Crippen LogP contribution >= 0.6 is 0 Å².